The molecule has 1 atom stereocenters. The first-order valence-electron chi connectivity index (χ1n) is 9.27. The number of thioether (sulfide) groups is 1. The molecule has 1 aliphatic heterocycles. The Morgan fingerprint density at radius 2 is 2.00 bits per heavy atom. The van der Waals surface area contributed by atoms with E-state index >= 15 is 0 Å². The average Bonchev–Trinajstić information content (AvgIpc) is 3.17. The number of urea groups is 1. The summed E-state index contributed by atoms with van der Waals surface area (Å²) in [6, 6.07) is 4.08. The van der Waals surface area contributed by atoms with E-state index in [2.05, 4.69) is 15.5 Å². The Morgan fingerprint density at radius 1 is 1.29 bits per heavy atom. The van der Waals surface area contributed by atoms with Crippen molar-refractivity contribution < 1.29 is 19.1 Å². The number of ether oxygens (including phenoxy) is 1. The molecule has 0 spiro atoms. The number of carbonyl (C=O) groups excluding carboxylic acids is 3. The molecule has 8 nitrogen and oxygen atoms in total. The molecule has 1 aromatic rings. The molecule has 154 valence electrons. The van der Waals surface area contributed by atoms with Gasteiger partial charge in [0.05, 0.1) is 0 Å². The van der Waals surface area contributed by atoms with Crippen LogP contribution in [-0.2, 0) is 14.3 Å². The summed E-state index contributed by atoms with van der Waals surface area (Å²) in [4.78, 5) is 37.6. The molecule has 1 fully saturated rings. The van der Waals surface area contributed by atoms with Crippen molar-refractivity contribution in [3.05, 3.63) is 23.8 Å². The molecular formula is C19H28N4O4S. The van der Waals surface area contributed by atoms with Gasteiger partial charge in [-0.15, -0.1) is 0 Å². The highest BCUT2D eigenvalue weighted by Crippen LogP contribution is 2.26. The fraction of sp³-hybridized carbons (Fsp3) is 0.526. The van der Waals surface area contributed by atoms with Crippen molar-refractivity contribution in [3.8, 4) is 0 Å². The average molecular weight is 409 g/mol. The first kappa shape index (κ1) is 21.9. The highest BCUT2D eigenvalue weighted by molar-refractivity contribution is 7.98. The lowest BCUT2D eigenvalue weighted by molar-refractivity contribution is -0.149. The molecule has 2 rings (SSSR count). The van der Waals surface area contributed by atoms with E-state index in [-0.39, 0.29) is 0 Å². The summed E-state index contributed by atoms with van der Waals surface area (Å²) >= 11 is 1.53. The van der Waals surface area contributed by atoms with E-state index in [1.807, 2.05) is 31.4 Å². The number of carbonyl (C=O) groups is 3. The number of benzene rings is 1. The minimum Gasteiger partial charge on any atom is -0.454 e. The zero-order valence-corrected chi connectivity index (χ0v) is 17.1. The molecular weight excluding hydrogens is 380 g/mol. The molecule has 28 heavy (non-hydrogen) atoms. The topological polar surface area (TPSA) is 114 Å². The lowest BCUT2D eigenvalue weighted by atomic mass is 10.1. The van der Waals surface area contributed by atoms with Gasteiger partial charge in [-0.25, -0.2) is 9.59 Å². The number of nitrogens with two attached hydrogens (primary N) is 1. The molecule has 0 aliphatic carbocycles. The minimum absolute atomic E-state index is 0.377. The molecule has 0 radical (unpaired) electrons. The van der Waals surface area contributed by atoms with Crippen LogP contribution >= 0.6 is 11.8 Å². The monoisotopic (exact) mass is 408 g/mol. The summed E-state index contributed by atoms with van der Waals surface area (Å²) in [5.74, 6) is -0.470. The van der Waals surface area contributed by atoms with Gasteiger partial charge in [0.1, 0.15) is 6.04 Å². The number of nitrogens with one attached hydrogen (secondary N) is 2. The van der Waals surface area contributed by atoms with Gasteiger partial charge in [-0.2, -0.15) is 11.8 Å². The third kappa shape index (κ3) is 6.63. The summed E-state index contributed by atoms with van der Waals surface area (Å²) in [6.45, 7) is 3.69. The molecule has 1 aliphatic rings. The van der Waals surface area contributed by atoms with E-state index in [0.717, 1.165) is 18.7 Å². The maximum atomic E-state index is 12.1. The number of rotatable bonds is 9. The van der Waals surface area contributed by atoms with E-state index in [4.69, 9.17) is 10.5 Å². The number of aryl methyl sites for hydroxylation is 1. The summed E-state index contributed by atoms with van der Waals surface area (Å²) in [7, 11) is 0. The quantitative estimate of drug-likeness (QED) is 0.538. The van der Waals surface area contributed by atoms with Gasteiger partial charge in [0.15, 0.2) is 6.61 Å². The largest absolute Gasteiger partial charge is 0.454 e. The molecule has 0 bridgehead atoms. The zero-order valence-electron chi connectivity index (χ0n) is 16.3. The van der Waals surface area contributed by atoms with Crippen molar-refractivity contribution in [1.29, 1.82) is 0 Å². The third-order valence-corrected chi connectivity index (χ3v) is 5.13. The van der Waals surface area contributed by atoms with Crippen molar-refractivity contribution in [3.63, 3.8) is 0 Å². The van der Waals surface area contributed by atoms with Gasteiger partial charge in [-0.1, -0.05) is 0 Å². The Hall–Kier alpha value is -2.42. The van der Waals surface area contributed by atoms with Gasteiger partial charge >= 0.3 is 12.0 Å². The Labute approximate surface area is 169 Å². The first-order valence-corrected chi connectivity index (χ1v) is 10.7. The Morgan fingerprint density at radius 3 is 2.61 bits per heavy atom. The normalized spacial score (nSPS) is 14.4. The molecule has 0 unspecified atom stereocenters. The van der Waals surface area contributed by atoms with Crippen molar-refractivity contribution in [1.82, 2.24) is 5.32 Å². The van der Waals surface area contributed by atoms with Crippen LogP contribution in [0.5, 0.6) is 0 Å². The molecule has 0 aromatic heterocycles. The fourth-order valence-corrected chi connectivity index (χ4v) is 3.61. The second-order valence-corrected chi connectivity index (χ2v) is 7.68. The molecule has 1 aromatic carbocycles. The second kappa shape index (κ2) is 10.8. The van der Waals surface area contributed by atoms with Crippen molar-refractivity contribution in [2.24, 2.45) is 5.73 Å². The van der Waals surface area contributed by atoms with Crippen LogP contribution in [0.15, 0.2) is 18.2 Å². The molecule has 3 amide bonds. The molecule has 4 N–H and O–H groups in total. The van der Waals surface area contributed by atoms with Crippen LogP contribution in [0, 0.1) is 6.92 Å². The predicted molar refractivity (Wildman–Crippen MR) is 112 cm³/mol. The summed E-state index contributed by atoms with van der Waals surface area (Å²) in [5.41, 5.74) is 7.99. The van der Waals surface area contributed by atoms with Crippen LogP contribution in [0.1, 0.15) is 24.8 Å². The Bertz CT molecular complexity index is 707. The molecule has 0 saturated carbocycles. The molecule has 1 heterocycles. The Balaban J connectivity index is 1.86. The van der Waals surface area contributed by atoms with Crippen molar-refractivity contribution in [2.45, 2.75) is 32.2 Å². The highest BCUT2D eigenvalue weighted by atomic mass is 32.2. The van der Waals surface area contributed by atoms with Gasteiger partial charge in [0.25, 0.3) is 5.91 Å². The van der Waals surface area contributed by atoms with E-state index < -0.39 is 30.6 Å². The lowest BCUT2D eigenvalue weighted by Gasteiger charge is -2.20. The Kier molecular flexibility index (Phi) is 8.43. The second-order valence-electron chi connectivity index (χ2n) is 6.69. The molecule has 9 heteroatoms. The fourth-order valence-electron chi connectivity index (χ4n) is 3.14. The maximum Gasteiger partial charge on any atom is 0.329 e. The number of primary amides is 1. The SMILES string of the molecule is CSCC[C@@H](NC(N)=O)C(=O)OCC(=O)Nc1ccc(N2CCCC2)c(C)c1. The highest BCUT2D eigenvalue weighted by Gasteiger charge is 2.22. The minimum atomic E-state index is -0.861. The summed E-state index contributed by atoms with van der Waals surface area (Å²) in [5, 5.41) is 5.07. The first-order chi connectivity index (χ1) is 13.4. The van der Waals surface area contributed by atoms with Gasteiger partial charge in [-0.05, 0) is 62.0 Å². The number of anilines is 2. The van der Waals surface area contributed by atoms with Gasteiger partial charge in [-0.3, -0.25) is 4.79 Å². The van der Waals surface area contributed by atoms with Crippen LogP contribution in [0.4, 0.5) is 16.2 Å². The van der Waals surface area contributed by atoms with Gasteiger partial charge in [0.2, 0.25) is 0 Å². The van der Waals surface area contributed by atoms with E-state index in [1.165, 1.54) is 30.3 Å². The van der Waals surface area contributed by atoms with Gasteiger partial charge in [0, 0.05) is 24.5 Å². The van der Waals surface area contributed by atoms with Gasteiger partial charge < -0.3 is 26.0 Å². The summed E-state index contributed by atoms with van der Waals surface area (Å²) in [6.07, 6.45) is 4.66. The van der Waals surface area contributed by atoms with Crippen molar-refractivity contribution >= 4 is 41.0 Å². The van der Waals surface area contributed by atoms with Crippen LogP contribution < -0.4 is 21.3 Å². The number of hydrogen-bond donors (Lipinski definition) is 3. The zero-order chi connectivity index (χ0) is 20.5. The summed E-state index contributed by atoms with van der Waals surface area (Å²) < 4.78 is 5.03. The van der Waals surface area contributed by atoms with Crippen LogP contribution in [0.2, 0.25) is 0 Å². The smallest absolute Gasteiger partial charge is 0.329 e. The molecule has 1 saturated heterocycles. The predicted octanol–water partition coefficient (Wildman–Crippen LogP) is 1.87. The number of hydrogen-bond acceptors (Lipinski definition) is 6. The number of esters is 1. The number of nitrogens with zero attached hydrogens (tertiary/aromatic N) is 1. The number of amides is 3. The van der Waals surface area contributed by atoms with E-state index in [1.54, 1.807) is 0 Å². The van der Waals surface area contributed by atoms with Crippen LogP contribution in [0.25, 0.3) is 0 Å². The van der Waals surface area contributed by atoms with E-state index in [0.29, 0.717) is 17.9 Å². The van der Waals surface area contributed by atoms with Crippen molar-refractivity contribution in [2.75, 3.05) is 41.9 Å². The maximum absolute atomic E-state index is 12.1. The van der Waals surface area contributed by atoms with E-state index in [9.17, 15) is 14.4 Å². The third-order valence-electron chi connectivity index (χ3n) is 4.48. The van der Waals surface area contributed by atoms with Crippen LogP contribution in [-0.4, -0.2) is 55.7 Å². The lowest BCUT2D eigenvalue weighted by Crippen LogP contribution is -2.45. The standard InChI is InChI=1S/C19H28N4O4S/c1-13-11-14(5-6-16(13)23-8-3-4-9-23)21-17(24)12-27-18(25)15(7-10-28-2)22-19(20)26/h5-6,11,15H,3-4,7-10,12H2,1-2H3,(H,21,24)(H3,20,22,26)/t15-/m1/s1. The van der Waals surface area contributed by atoms with Crippen LogP contribution in [0.3, 0.4) is 0 Å².